The summed E-state index contributed by atoms with van der Waals surface area (Å²) >= 11 is 1.68. The van der Waals surface area contributed by atoms with E-state index < -0.39 is 0 Å². The summed E-state index contributed by atoms with van der Waals surface area (Å²) in [7, 11) is 0. The first kappa shape index (κ1) is 19.7. The normalized spacial score (nSPS) is 14.2. The van der Waals surface area contributed by atoms with E-state index in [9.17, 15) is 4.79 Å². The van der Waals surface area contributed by atoms with Crippen molar-refractivity contribution in [2.24, 2.45) is 0 Å². The highest BCUT2D eigenvalue weighted by Gasteiger charge is 2.17. The molecule has 0 bridgehead atoms. The van der Waals surface area contributed by atoms with Crippen molar-refractivity contribution in [3.63, 3.8) is 0 Å². The van der Waals surface area contributed by atoms with Gasteiger partial charge in [-0.1, -0.05) is 6.07 Å². The summed E-state index contributed by atoms with van der Waals surface area (Å²) in [6.45, 7) is 4.62. The van der Waals surface area contributed by atoms with Gasteiger partial charge in [0.05, 0.1) is 35.6 Å². The number of anilines is 2. The number of piperidine rings is 1. The molecular formula is C23H24N6OS. The highest BCUT2D eigenvalue weighted by Crippen LogP contribution is 2.23. The number of pyridine rings is 2. The molecule has 0 spiro atoms. The van der Waals surface area contributed by atoms with Crippen molar-refractivity contribution in [2.45, 2.75) is 32.7 Å². The molecule has 0 aromatic carbocycles. The molecule has 0 radical (unpaired) electrons. The summed E-state index contributed by atoms with van der Waals surface area (Å²) in [5.41, 5.74) is 2.75. The van der Waals surface area contributed by atoms with Crippen LogP contribution in [0.1, 0.15) is 40.2 Å². The minimum absolute atomic E-state index is 0.182. The van der Waals surface area contributed by atoms with Crippen molar-refractivity contribution < 1.29 is 4.79 Å². The number of rotatable bonds is 5. The predicted molar refractivity (Wildman–Crippen MR) is 124 cm³/mol. The number of fused-ring (bicyclic) bond motifs is 1. The van der Waals surface area contributed by atoms with Gasteiger partial charge in [-0.25, -0.2) is 14.6 Å². The number of hydrogen-bond donors (Lipinski definition) is 1. The van der Waals surface area contributed by atoms with E-state index in [1.807, 2.05) is 41.3 Å². The topological polar surface area (TPSA) is 75.9 Å². The summed E-state index contributed by atoms with van der Waals surface area (Å²) in [4.78, 5) is 25.8. The molecule has 4 aromatic heterocycles. The first-order chi connectivity index (χ1) is 15.2. The molecule has 5 rings (SSSR count). The fourth-order valence-corrected chi connectivity index (χ4v) is 4.68. The number of nitrogens with one attached hydrogen (secondary N) is 1. The van der Waals surface area contributed by atoms with Gasteiger partial charge in [-0.05, 0) is 55.8 Å². The molecular weight excluding hydrogens is 408 g/mol. The molecule has 0 atom stereocenters. The third kappa shape index (κ3) is 4.16. The lowest BCUT2D eigenvalue weighted by atomic mass is 10.1. The van der Waals surface area contributed by atoms with Crippen molar-refractivity contribution in [1.29, 1.82) is 0 Å². The summed E-state index contributed by atoms with van der Waals surface area (Å²) in [6.07, 6.45) is 7.15. The van der Waals surface area contributed by atoms with Gasteiger partial charge in [0.1, 0.15) is 5.82 Å². The van der Waals surface area contributed by atoms with Crippen LogP contribution in [0.2, 0.25) is 0 Å². The minimum Gasteiger partial charge on any atom is -0.357 e. The second-order valence-electron chi connectivity index (χ2n) is 7.84. The van der Waals surface area contributed by atoms with Gasteiger partial charge in [0, 0.05) is 23.7 Å². The third-order valence-corrected chi connectivity index (χ3v) is 6.41. The van der Waals surface area contributed by atoms with Gasteiger partial charge in [-0.2, -0.15) is 5.10 Å². The van der Waals surface area contributed by atoms with Crippen LogP contribution in [0, 0.1) is 6.92 Å². The zero-order valence-corrected chi connectivity index (χ0v) is 18.2. The molecule has 0 unspecified atom stereocenters. The number of hydrogen-bond acceptors (Lipinski definition) is 6. The van der Waals surface area contributed by atoms with Gasteiger partial charge in [-0.15, -0.1) is 11.3 Å². The smallest absolute Gasteiger partial charge is 0.256 e. The van der Waals surface area contributed by atoms with Crippen molar-refractivity contribution in [1.82, 2.24) is 19.7 Å². The summed E-state index contributed by atoms with van der Waals surface area (Å²) in [6, 6.07) is 9.80. The van der Waals surface area contributed by atoms with E-state index in [1.54, 1.807) is 23.7 Å². The van der Waals surface area contributed by atoms with E-state index in [-0.39, 0.29) is 5.91 Å². The maximum absolute atomic E-state index is 13.1. The van der Waals surface area contributed by atoms with Crippen LogP contribution in [0.4, 0.5) is 11.5 Å². The Morgan fingerprint density at radius 3 is 2.77 bits per heavy atom. The van der Waals surface area contributed by atoms with Crippen LogP contribution in [0.15, 0.2) is 48.1 Å². The number of amides is 1. The van der Waals surface area contributed by atoms with Crippen molar-refractivity contribution >= 4 is 39.8 Å². The van der Waals surface area contributed by atoms with Crippen LogP contribution >= 0.6 is 11.3 Å². The molecule has 1 fully saturated rings. The predicted octanol–water partition coefficient (Wildman–Crippen LogP) is 4.49. The number of carbonyl (C=O) groups excluding carboxylic acids is 1. The molecule has 1 N–H and O–H groups in total. The number of aromatic nitrogens is 4. The Bertz CT molecular complexity index is 1190. The van der Waals surface area contributed by atoms with Crippen molar-refractivity contribution in [3.05, 3.63) is 64.2 Å². The average Bonchev–Trinajstić information content (AvgIpc) is 3.45. The van der Waals surface area contributed by atoms with Crippen LogP contribution in [-0.4, -0.2) is 38.7 Å². The second kappa shape index (κ2) is 8.47. The molecule has 0 saturated carbocycles. The molecule has 158 valence electrons. The van der Waals surface area contributed by atoms with E-state index in [0.29, 0.717) is 17.8 Å². The lowest BCUT2D eigenvalue weighted by molar-refractivity contribution is 0.102. The Labute approximate surface area is 184 Å². The molecule has 7 nitrogen and oxygen atoms in total. The molecule has 1 aliphatic heterocycles. The van der Waals surface area contributed by atoms with E-state index in [1.165, 1.54) is 24.1 Å². The summed E-state index contributed by atoms with van der Waals surface area (Å²) in [5.74, 6) is 0.786. The molecule has 1 amide bonds. The maximum atomic E-state index is 13.1. The van der Waals surface area contributed by atoms with Gasteiger partial charge in [-0.3, -0.25) is 4.79 Å². The first-order valence-corrected chi connectivity index (χ1v) is 11.4. The minimum atomic E-state index is -0.182. The van der Waals surface area contributed by atoms with E-state index >= 15 is 0 Å². The van der Waals surface area contributed by atoms with E-state index in [0.717, 1.165) is 35.6 Å². The van der Waals surface area contributed by atoms with Gasteiger partial charge in [0.25, 0.3) is 5.91 Å². The Morgan fingerprint density at radius 2 is 2.03 bits per heavy atom. The number of carbonyl (C=O) groups is 1. The number of thiophene rings is 1. The standard InChI is InChI=1S/C23H24N6OS/c1-16-12-19(20-14-25-29(22(20)26-16)15-18-6-5-11-31-18)23(30)27-17-7-8-21(24-13-17)28-9-3-2-4-10-28/h5-8,11-14H,2-4,9-10,15H2,1H3,(H,27,30). The molecule has 8 heteroatoms. The van der Waals surface area contributed by atoms with Crippen LogP contribution in [0.5, 0.6) is 0 Å². The Balaban J connectivity index is 1.37. The van der Waals surface area contributed by atoms with E-state index in [4.69, 9.17) is 0 Å². The van der Waals surface area contributed by atoms with Crippen molar-refractivity contribution in [3.8, 4) is 0 Å². The highest BCUT2D eigenvalue weighted by atomic mass is 32.1. The molecule has 1 aliphatic rings. The summed E-state index contributed by atoms with van der Waals surface area (Å²) < 4.78 is 1.85. The zero-order chi connectivity index (χ0) is 21.2. The van der Waals surface area contributed by atoms with Gasteiger partial charge < -0.3 is 10.2 Å². The quantitative estimate of drug-likeness (QED) is 0.503. The van der Waals surface area contributed by atoms with Gasteiger partial charge in [0.15, 0.2) is 5.65 Å². The average molecular weight is 433 g/mol. The monoisotopic (exact) mass is 432 g/mol. The Morgan fingerprint density at radius 1 is 1.16 bits per heavy atom. The largest absolute Gasteiger partial charge is 0.357 e. The molecule has 4 aromatic rings. The second-order valence-corrected chi connectivity index (χ2v) is 8.87. The highest BCUT2D eigenvalue weighted by molar-refractivity contribution is 7.09. The molecule has 0 aliphatic carbocycles. The zero-order valence-electron chi connectivity index (χ0n) is 17.4. The molecule has 31 heavy (non-hydrogen) atoms. The number of aryl methyl sites for hydroxylation is 1. The fraction of sp³-hybridized carbons (Fsp3) is 0.304. The molecule has 1 saturated heterocycles. The Kier molecular flexibility index (Phi) is 5.38. The first-order valence-electron chi connectivity index (χ1n) is 10.6. The molecule has 5 heterocycles. The van der Waals surface area contributed by atoms with Crippen LogP contribution < -0.4 is 10.2 Å². The Hall–Kier alpha value is -3.26. The van der Waals surface area contributed by atoms with Crippen LogP contribution in [0.3, 0.4) is 0 Å². The SMILES string of the molecule is Cc1cc(C(=O)Nc2ccc(N3CCCCC3)nc2)c2cnn(Cc3cccs3)c2n1. The summed E-state index contributed by atoms with van der Waals surface area (Å²) in [5, 5.41) is 10.3. The van der Waals surface area contributed by atoms with Crippen LogP contribution in [-0.2, 0) is 6.54 Å². The van der Waals surface area contributed by atoms with E-state index in [2.05, 4.69) is 31.3 Å². The lowest BCUT2D eigenvalue weighted by Crippen LogP contribution is -2.30. The fourth-order valence-electron chi connectivity index (χ4n) is 4.00. The third-order valence-electron chi connectivity index (χ3n) is 5.55. The maximum Gasteiger partial charge on any atom is 0.256 e. The van der Waals surface area contributed by atoms with Gasteiger partial charge in [0.2, 0.25) is 0 Å². The van der Waals surface area contributed by atoms with Gasteiger partial charge >= 0.3 is 0 Å². The van der Waals surface area contributed by atoms with Crippen LogP contribution in [0.25, 0.3) is 11.0 Å². The van der Waals surface area contributed by atoms with Crippen molar-refractivity contribution in [2.75, 3.05) is 23.3 Å². The number of nitrogens with zero attached hydrogens (tertiary/aromatic N) is 5. The lowest BCUT2D eigenvalue weighted by Gasteiger charge is -2.27.